The number of carbonyl (C=O) groups excluding carboxylic acids is 3. The van der Waals surface area contributed by atoms with Gasteiger partial charge in [-0.15, -0.1) is 0 Å². The van der Waals surface area contributed by atoms with Crippen molar-refractivity contribution in [3.05, 3.63) is 12.4 Å². The lowest BCUT2D eigenvalue weighted by Crippen LogP contribution is -2.69. The summed E-state index contributed by atoms with van der Waals surface area (Å²) in [6.45, 7) is 6.88. The van der Waals surface area contributed by atoms with Gasteiger partial charge in [0, 0.05) is 32.7 Å². The standard InChI is InChI=1S/C17H27N5O6/c1-3-28-17(27)21-9-7-20(8-10-21)16(26)22-13(15(24)25)12(14(22)23)5-4-6-19-11(2)18/h12-13,19H,2-10,18H2,1H3,(H,24,25)/t12-,13?/m1/s1. The van der Waals surface area contributed by atoms with Gasteiger partial charge in [-0.25, -0.2) is 19.3 Å². The van der Waals surface area contributed by atoms with Crippen molar-refractivity contribution in [2.24, 2.45) is 11.7 Å². The number of hydrogen-bond donors (Lipinski definition) is 3. The van der Waals surface area contributed by atoms with E-state index in [2.05, 4.69) is 11.9 Å². The minimum absolute atomic E-state index is 0.209. The average Bonchev–Trinajstić information content (AvgIpc) is 2.65. The van der Waals surface area contributed by atoms with Crippen molar-refractivity contribution < 1.29 is 29.0 Å². The fraction of sp³-hybridized carbons (Fsp3) is 0.647. The molecule has 2 rings (SSSR count). The van der Waals surface area contributed by atoms with E-state index in [0.717, 1.165) is 4.90 Å². The number of β-lactam (4-membered cyclic amide) rings is 1. The molecule has 0 aromatic heterocycles. The Morgan fingerprint density at radius 2 is 1.86 bits per heavy atom. The smallest absolute Gasteiger partial charge is 0.409 e. The first-order valence-corrected chi connectivity index (χ1v) is 9.22. The van der Waals surface area contributed by atoms with Crippen LogP contribution in [0, 0.1) is 5.92 Å². The van der Waals surface area contributed by atoms with Crippen molar-refractivity contribution in [1.82, 2.24) is 20.0 Å². The summed E-state index contributed by atoms with van der Waals surface area (Å²) in [5.41, 5.74) is 5.39. The summed E-state index contributed by atoms with van der Waals surface area (Å²) >= 11 is 0. The second-order valence-corrected chi connectivity index (χ2v) is 6.65. The van der Waals surface area contributed by atoms with Crippen LogP contribution in [0.15, 0.2) is 12.4 Å². The zero-order valence-corrected chi connectivity index (χ0v) is 15.9. The number of likely N-dealkylation sites (tertiary alicyclic amines) is 1. The number of urea groups is 1. The molecule has 156 valence electrons. The van der Waals surface area contributed by atoms with Gasteiger partial charge in [0.25, 0.3) is 0 Å². The van der Waals surface area contributed by atoms with Gasteiger partial charge in [-0.2, -0.15) is 0 Å². The highest BCUT2D eigenvalue weighted by Gasteiger charge is 2.55. The van der Waals surface area contributed by atoms with E-state index >= 15 is 0 Å². The van der Waals surface area contributed by atoms with Crippen LogP contribution >= 0.6 is 0 Å². The Hall–Kier alpha value is -2.98. The molecule has 4 N–H and O–H groups in total. The molecule has 2 fully saturated rings. The molecule has 2 saturated heterocycles. The molecule has 2 heterocycles. The molecule has 11 heteroatoms. The van der Waals surface area contributed by atoms with Gasteiger partial charge in [-0.05, 0) is 19.8 Å². The van der Waals surface area contributed by atoms with Crippen LogP contribution in [-0.2, 0) is 14.3 Å². The van der Waals surface area contributed by atoms with Crippen LogP contribution in [0.3, 0.4) is 0 Å². The van der Waals surface area contributed by atoms with Crippen LogP contribution < -0.4 is 11.1 Å². The van der Waals surface area contributed by atoms with Crippen LogP contribution in [0.5, 0.6) is 0 Å². The van der Waals surface area contributed by atoms with Gasteiger partial charge in [0.1, 0.15) is 0 Å². The Morgan fingerprint density at radius 1 is 1.25 bits per heavy atom. The molecule has 1 unspecified atom stereocenters. The Balaban J connectivity index is 1.90. The van der Waals surface area contributed by atoms with Gasteiger partial charge in [-0.1, -0.05) is 6.58 Å². The number of hydrogen-bond acceptors (Lipinski definition) is 7. The maximum absolute atomic E-state index is 12.7. The van der Waals surface area contributed by atoms with Crippen LogP contribution in [0.25, 0.3) is 0 Å². The first-order chi connectivity index (χ1) is 13.3. The van der Waals surface area contributed by atoms with Gasteiger partial charge in [0.15, 0.2) is 6.04 Å². The molecule has 2 aliphatic rings. The molecule has 28 heavy (non-hydrogen) atoms. The van der Waals surface area contributed by atoms with Crippen molar-refractivity contribution in [1.29, 1.82) is 0 Å². The summed E-state index contributed by atoms with van der Waals surface area (Å²) in [6, 6.07) is -1.81. The SMILES string of the molecule is C=C(N)NCCC[C@H]1C(=O)N(C(=O)N2CCN(C(=O)OCC)CC2)C1C(=O)O. The molecule has 0 aliphatic carbocycles. The third kappa shape index (κ3) is 4.65. The van der Waals surface area contributed by atoms with E-state index in [-0.39, 0.29) is 32.8 Å². The maximum atomic E-state index is 12.7. The van der Waals surface area contributed by atoms with Crippen molar-refractivity contribution in [2.45, 2.75) is 25.8 Å². The predicted octanol–water partition coefficient (Wildman–Crippen LogP) is -0.408. The molecule has 2 atom stereocenters. The number of carboxylic acid groups (broad SMARTS) is 1. The number of carbonyl (C=O) groups is 4. The molecule has 0 bridgehead atoms. The number of rotatable bonds is 7. The van der Waals surface area contributed by atoms with E-state index in [1.807, 2.05) is 0 Å². The highest BCUT2D eigenvalue weighted by molar-refractivity contribution is 6.07. The zero-order valence-electron chi connectivity index (χ0n) is 15.9. The fourth-order valence-electron chi connectivity index (χ4n) is 3.34. The lowest BCUT2D eigenvalue weighted by Gasteiger charge is -2.46. The van der Waals surface area contributed by atoms with Gasteiger partial charge in [0.05, 0.1) is 18.3 Å². The second kappa shape index (κ2) is 9.29. The number of aliphatic carboxylic acids is 1. The predicted molar refractivity (Wildman–Crippen MR) is 97.9 cm³/mol. The molecule has 0 aromatic rings. The number of piperazine rings is 1. The van der Waals surface area contributed by atoms with E-state index in [1.165, 1.54) is 9.80 Å². The molecule has 0 saturated carbocycles. The summed E-state index contributed by atoms with van der Waals surface area (Å²) in [5, 5.41) is 12.3. The molecule has 0 radical (unpaired) electrons. The first-order valence-electron chi connectivity index (χ1n) is 9.22. The summed E-state index contributed by atoms with van der Waals surface area (Å²) in [7, 11) is 0. The number of nitrogens with two attached hydrogens (primary N) is 1. The van der Waals surface area contributed by atoms with Crippen LogP contribution in [0.4, 0.5) is 9.59 Å². The number of nitrogens with one attached hydrogen (secondary N) is 1. The molecular formula is C17H27N5O6. The van der Waals surface area contributed by atoms with E-state index in [0.29, 0.717) is 25.2 Å². The molecule has 0 spiro atoms. The van der Waals surface area contributed by atoms with Crippen molar-refractivity contribution in [2.75, 3.05) is 39.3 Å². The quantitative estimate of drug-likeness (QED) is 0.388. The maximum Gasteiger partial charge on any atom is 0.409 e. The largest absolute Gasteiger partial charge is 0.480 e. The van der Waals surface area contributed by atoms with Crippen molar-refractivity contribution >= 4 is 24.0 Å². The van der Waals surface area contributed by atoms with Gasteiger partial charge in [0.2, 0.25) is 5.91 Å². The molecule has 4 amide bonds. The third-order valence-electron chi connectivity index (χ3n) is 4.79. The van der Waals surface area contributed by atoms with E-state index in [4.69, 9.17) is 10.5 Å². The Kier molecular flexibility index (Phi) is 7.07. The third-order valence-corrected chi connectivity index (χ3v) is 4.79. The minimum Gasteiger partial charge on any atom is -0.480 e. The lowest BCUT2D eigenvalue weighted by atomic mass is 9.83. The second-order valence-electron chi connectivity index (χ2n) is 6.65. The summed E-state index contributed by atoms with van der Waals surface area (Å²) in [6.07, 6.45) is 0.402. The normalized spacial score (nSPS) is 21.8. The van der Waals surface area contributed by atoms with Crippen LogP contribution in [-0.4, -0.2) is 89.2 Å². The Bertz CT molecular complexity index is 646. The number of amides is 4. The van der Waals surface area contributed by atoms with Gasteiger partial charge in [-0.3, -0.25) is 4.79 Å². The van der Waals surface area contributed by atoms with E-state index < -0.39 is 36.0 Å². The molecular weight excluding hydrogens is 370 g/mol. The van der Waals surface area contributed by atoms with Crippen molar-refractivity contribution in [3.63, 3.8) is 0 Å². The lowest BCUT2D eigenvalue weighted by molar-refractivity contribution is -0.167. The fourth-order valence-corrected chi connectivity index (χ4v) is 3.34. The summed E-state index contributed by atoms with van der Waals surface area (Å²) in [4.78, 5) is 52.1. The minimum atomic E-state index is -1.21. The molecule has 11 nitrogen and oxygen atoms in total. The summed E-state index contributed by atoms with van der Waals surface area (Å²) in [5.74, 6) is -2.14. The zero-order chi connectivity index (χ0) is 20.8. The number of nitrogens with zero attached hydrogens (tertiary/aromatic N) is 3. The van der Waals surface area contributed by atoms with E-state index in [9.17, 15) is 24.3 Å². The number of imide groups is 1. The monoisotopic (exact) mass is 397 g/mol. The highest BCUT2D eigenvalue weighted by Crippen LogP contribution is 2.32. The molecule has 0 aromatic carbocycles. The average molecular weight is 397 g/mol. The number of ether oxygens (including phenoxy) is 1. The molecule has 2 aliphatic heterocycles. The number of carboxylic acids is 1. The van der Waals surface area contributed by atoms with Gasteiger partial charge < -0.3 is 30.7 Å². The Morgan fingerprint density at radius 3 is 2.39 bits per heavy atom. The highest BCUT2D eigenvalue weighted by atomic mass is 16.6. The van der Waals surface area contributed by atoms with E-state index in [1.54, 1.807) is 6.92 Å². The van der Waals surface area contributed by atoms with Gasteiger partial charge >= 0.3 is 18.1 Å². The first kappa shape index (κ1) is 21.3. The van der Waals surface area contributed by atoms with Crippen molar-refractivity contribution in [3.8, 4) is 0 Å². The van der Waals surface area contributed by atoms with Crippen LogP contribution in [0.1, 0.15) is 19.8 Å². The topological polar surface area (TPSA) is 146 Å². The summed E-state index contributed by atoms with van der Waals surface area (Å²) < 4.78 is 4.92. The van der Waals surface area contributed by atoms with Crippen LogP contribution in [0.2, 0.25) is 0 Å². The Labute approximate surface area is 163 Å².